The number of aromatic amines is 1. The van der Waals surface area contributed by atoms with Crippen molar-refractivity contribution in [3.63, 3.8) is 0 Å². The minimum absolute atomic E-state index is 0.155. The van der Waals surface area contributed by atoms with E-state index < -0.39 is 10.0 Å². The number of carbonyl (C=O) groups is 1. The van der Waals surface area contributed by atoms with Crippen LogP contribution < -0.4 is 5.32 Å². The molecular formula is C20H24N4O3S. The molecule has 1 amide bonds. The second-order valence-corrected chi connectivity index (χ2v) is 8.97. The molecule has 3 rings (SSSR count). The van der Waals surface area contributed by atoms with Crippen LogP contribution in [0.2, 0.25) is 0 Å². The molecule has 0 fully saturated rings. The van der Waals surface area contributed by atoms with Crippen LogP contribution in [0.15, 0.2) is 53.4 Å². The highest BCUT2D eigenvalue weighted by Gasteiger charge is 2.23. The van der Waals surface area contributed by atoms with E-state index in [1.807, 2.05) is 31.2 Å². The lowest BCUT2D eigenvalue weighted by molar-refractivity contribution is 0.0938. The Labute approximate surface area is 164 Å². The topological polar surface area (TPSA) is 95.2 Å². The first kappa shape index (κ1) is 20.0. The summed E-state index contributed by atoms with van der Waals surface area (Å²) in [5.74, 6) is 0.362. The van der Waals surface area contributed by atoms with Gasteiger partial charge in [0.1, 0.15) is 5.82 Å². The maximum absolute atomic E-state index is 12.5. The molecule has 0 saturated heterocycles. The highest BCUT2D eigenvalue weighted by Crippen LogP contribution is 2.19. The number of rotatable bonds is 6. The zero-order valence-electron chi connectivity index (χ0n) is 16.3. The van der Waals surface area contributed by atoms with Gasteiger partial charge < -0.3 is 10.3 Å². The molecule has 28 heavy (non-hydrogen) atoms. The largest absolute Gasteiger partial charge is 0.342 e. The van der Waals surface area contributed by atoms with Crippen molar-refractivity contribution in [2.24, 2.45) is 0 Å². The molecule has 7 nitrogen and oxygen atoms in total. The molecule has 1 atom stereocenters. The van der Waals surface area contributed by atoms with Crippen LogP contribution in [0.3, 0.4) is 0 Å². The molecule has 1 heterocycles. The van der Waals surface area contributed by atoms with Gasteiger partial charge in [-0.1, -0.05) is 12.1 Å². The number of para-hydroxylation sites is 2. The molecule has 0 bridgehead atoms. The summed E-state index contributed by atoms with van der Waals surface area (Å²) in [6.45, 7) is 5.45. The van der Waals surface area contributed by atoms with E-state index in [1.54, 1.807) is 13.8 Å². The third-order valence-corrected chi connectivity index (χ3v) is 6.73. The van der Waals surface area contributed by atoms with Crippen molar-refractivity contribution >= 4 is 27.0 Å². The Morgan fingerprint density at radius 3 is 2.32 bits per heavy atom. The van der Waals surface area contributed by atoms with E-state index in [0.717, 1.165) is 11.0 Å². The molecule has 8 heteroatoms. The number of benzene rings is 2. The van der Waals surface area contributed by atoms with Gasteiger partial charge in [0, 0.05) is 18.7 Å². The van der Waals surface area contributed by atoms with E-state index in [0.29, 0.717) is 11.4 Å². The molecule has 0 spiro atoms. The molecule has 0 aliphatic rings. The maximum atomic E-state index is 12.5. The first-order valence-corrected chi connectivity index (χ1v) is 10.5. The van der Waals surface area contributed by atoms with E-state index in [9.17, 15) is 13.2 Å². The van der Waals surface area contributed by atoms with Crippen molar-refractivity contribution in [1.82, 2.24) is 19.6 Å². The highest BCUT2D eigenvalue weighted by molar-refractivity contribution is 7.89. The van der Waals surface area contributed by atoms with Crippen LogP contribution >= 0.6 is 0 Å². The van der Waals surface area contributed by atoms with Gasteiger partial charge in [-0.2, -0.15) is 4.31 Å². The summed E-state index contributed by atoms with van der Waals surface area (Å²) in [5.41, 5.74) is 2.12. The molecule has 0 radical (unpaired) electrons. The Morgan fingerprint density at radius 2 is 1.71 bits per heavy atom. The standard InChI is InChI=1S/C20H24N4O3S/c1-13(2)24(4)28(26,27)16-11-9-15(10-12-16)20(25)21-14(3)19-22-17-7-5-6-8-18(17)23-19/h5-14H,1-4H3,(H,21,25)(H,22,23). The van der Waals surface area contributed by atoms with Crippen molar-refractivity contribution in [3.8, 4) is 0 Å². The fourth-order valence-corrected chi connectivity index (χ4v) is 4.12. The SMILES string of the molecule is CC(NC(=O)c1ccc(S(=O)(=O)N(C)C(C)C)cc1)c1nc2ccccc2[nH]1. The second kappa shape index (κ2) is 7.73. The van der Waals surface area contributed by atoms with E-state index in [4.69, 9.17) is 0 Å². The smallest absolute Gasteiger partial charge is 0.251 e. The minimum Gasteiger partial charge on any atom is -0.342 e. The normalized spacial score (nSPS) is 13.2. The zero-order valence-corrected chi connectivity index (χ0v) is 17.1. The van der Waals surface area contributed by atoms with E-state index in [1.165, 1.54) is 35.6 Å². The Bertz CT molecular complexity index is 1060. The number of carbonyl (C=O) groups excluding carboxylic acids is 1. The molecule has 1 aromatic heterocycles. The average Bonchev–Trinajstić information content (AvgIpc) is 3.11. The fourth-order valence-electron chi connectivity index (χ4n) is 2.75. The Morgan fingerprint density at radius 1 is 1.07 bits per heavy atom. The summed E-state index contributed by atoms with van der Waals surface area (Å²) >= 11 is 0. The maximum Gasteiger partial charge on any atom is 0.251 e. The minimum atomic E-state index is -3.57. The quantitative estimate of drug-likeness (QED) is 0.665. The van der Waals surface area contributed by atoms with Crippen LogP contribution in [-0.4, -0.2) is 41.7 Å². The van der Waals surface area contributed by atoms with E-state index >= 15 is 0 Å². The van der Waals surface area contributed by atoms with Gasteiger partial charge in [-0.25, -0.2) is 13.4 Å². The first-order valence-electron chi connectivity index (χ1n) is 9.03. The van der Waals surface area contributed by atoms with Gasteiger partial charge in [-0.05, 0) is 57.2 Å². The Hall–Kier alpha value is -2.71. The molecule has 0 aliphatic heterocycles. The van der Waals surface area contributed by atoms with Crippen LogP contribution in [0, 0.1) is 0 Å². The number of nitrogens with zero attached hydrogens (tertiary/aromatic N) is 2. The molecule has 3 aromatic rings. The summed E-state index contributed by atoms with van der Waals surface area (Å²) in [6.07, 6.45) is 0. The van der Waals surface area contributed by atoms with Gasteiger partial charge in [0.25, 0.3) is 5.91 Å². The predicted octanol–water partition coefficient (Wildman–Crippen LogP) is 3.08. The number of hydrogen-bond donors (Lipinski definition) is 2. The molecule has 2 aromatic carbocycles. The van der Waals surface area contributed by atoms with Crippen LogP contribution in [0.25, 0.3) is 11.0 Å². The zero-order chi connectivity index (χ0) is 20.5. The van der Waals surface area contributed by atoms with Crippen molar-refractivity contribution in [1.29, 1.82) is 0 Å². The number of imidazole rings is 1. The summed E-state index contributed by atoms with van der Waals surface area (Å²) < 4.78 is 26.3. The molecule has 0 aliphatic carbocycles. The molecule has 2 N–H and O–H groups in total. The van der Waals surface area contributed by atoms with Crippen LogP contribution in [0.5, 0.6) is 0 Å². The Balaban J connectivity index is 1.74. The summed E-state index contributed by atoms with van der Waals surface area (Å²) in [5, 5.41) is 2.88. The Kier molecular flexibility index (Phi) is 5.53. The van der Waals surface area contributed by atoms with Crippen molar-refractivity contribution in [2.45, 2.75) is 37.8 Å². The molecule has 148 valence electrons. The van der Waals surface area contributed by atoms with Gasteiger partial charge in [-0.3, -0.25) is 4.79 Å². The van der Waals surface area contributed by atoms with Gasteiger partial charge in [-0.15, -0.1) is 0 Å². The lowest BCUT2D eigenvalue weighted by Crippen LogP contribution is -2.33. The average molecular weight is 401 g/mol. The van der Waals surface area contributed by atoms with E-state index in [-0.39, 0.29) is 22.9 Å². The fraction of sp³-hybridized carbons (Fsp3) is 0.300. The summed E-state index contributed by atoms with van der Waals surface area (Å²) in [7, 11) is -2.04. The number of amides is 1. The second-order valence-electron chi connectivity index (χ2n) is 6.97. The van der Waals surface area contributed by atoms with Crippen molar-refractivity contribution < 1.29 is 13.2 Å². The van der Waals surface area contributed by atoms with Crippen LogP contribution in [0.1, 0.15) is 43.0 Å². The van der Waals surface area contributed by atoms with Gasteiger partial charge >= 0.3 is 0 Å². The number of hydrogen-bond acceptors (Lipinski definition) is 4. The third-order valence-electron chi connectivity index (χ3n) is 4.69. The highest BCUT2D eigenvalue weighted by atomic mass is 32.2. The van der Waals surface area contributed by atoms with Gasteiger partial charge in [0.05, 0.1) is 22.0 Å². The summed E-state index contributed by atoms with van der Waals surface area (Å²) in [6, 6.07) is 13.1. The number of H-pyrrole nitrogens is 1. The predicted molar refractivity (Wildman–Crippen MR) is 109 cm³/mol. The number of sulfonamides is 1. The van der Waals surface area contributed by atoms with Gasteiger partial charge in [0.15, 0.2) is 0 Å². The number of nitrogens with one attached hydrogen (secondary N) is 2. The lowest BCUT2D eigenvalue weighted by atomic mass is 10.2. The van der Waals surface area contributed by atoms with Crippen molar-refractivity contribution in [2.75, 3.05) is 7.05 Å². The first-order chi connectivity index (χ1) is 13.2. The summed E-state index contributed by atoms with van der Waals surface area (Å²) in [4.78, 5) is 20.4. The van der Waals surface area contributed by atoms with Crippen molar-refractivity contribution in [3.05, 3.63) is 59.9 Å². The molecule has 0 saturated carbocycles. The third kappa shape index (κ3) is 3.93. The molecular weight excluding hydrogens is 376 g/mol. The van der Waals surface area contributed by atoms with E-state index in [2.05, 4.69) is 15.3 Å². The monoisotopic (exact) mass is 400 g/mol. The lowest BCUT2D eigenvalue weighted by Gasteiger charge is -2.21. The number of aromatic nitrogens is 2. The molecule has 1 unspecified atom stereocenters. The van der Waals surface area contributed by atoms with Crippen LogP contribution in [0.4, 0.5) is 0 Å². The van der Waals surface area contributed by atoms with Gasteiger partial charge in [0.2, 0.25) is 10.0 Å². The van der Waals surface area contributed by atoms with Crippen LogP contribution in [-0.2, 0) is 10.0 Å². The number of fused-ring (bicyclic) bond motifs is 1.